The van der Waals surface area contributed by atoms with Crippen LogP contribution in [-0.4, -0.2) is 16.1 Å². The highest BCUT2D eigenvalue weighted by Gasteiger charge is 2.25. The van der Waals surface area contributed by atoms with Gasteiger partial charge in [-0.1, -0.05) is 0 Å². The first-order valence-electron chi connectivity index (χ1n) is 4.25. The van der Waals surface area contributed by atoms with Gasteiger partial charge in [0.1, 0.15) is 11.9 Å². The standard InChI is InChI=1S/C9H9NO4/c1-5-2-6-3-8(11)7(10(12)13)4-9(6)14-5/h3-5,11H,2H2,1H3. The van der Waals surface area contributed by atoms with E-state index in [4.69, 9.17) is 4.74 Å². The molecule has 0 aromatic heterocycles. The lowest BCUT2D eigenvalue weighted by Crippen LogP contribution is -2.05. The summed E-state index contributed by atoms with van der Waals surface area (Å²) in [7, 11) is 0. The fourth-order valence-corrected chi connectivity index (χ4v) is 1.58. The Morgan fingerprint density at radius 2 is 2.36 bits per heavy atom. The molecule has 1 atom stereocenters. The number of fused-ring (bicyclic) bond motifs is 1. The van der Waals surface area contributed by atoms with Crippen molar-refractivity contribution in [2.75, 3.05) is 0 Å². The molecule has 0 radical (unpaired) electrons. The van der Waals surface area contributed by atoms with E-state index in [0.29, 0.717) is 12.2 Å². The lowest BCUT2D eigenvalue weighted by atomic mass is 10.1. The molecular formula is C9H9NO4. The number of aromatic hydroxyl groups is 1. The minimum absolute atomic E-state index is 0.0198. The van der Waals surface area contributed by atoms with E-state index >= 15 is 0 Å². The van der Waals surface area contributed by atoms with Gasteiger partial charge in [0.05, 0.1) is 11.0 Å². The van der Waals surface area contributed by atoms with E-state index in [1.54, 1.807) is 0 Å². The Morgan fingerprint density at radius 3 is 3.00 bits per heavy atom. The number of rotatable bonds is 1. The summed E-state index contributed by atoms with van der Waals surface area (Å²) in [6.45, 7) is 1.88. The second-order valence-corrected chi connectivity index (χ2v) is 3.34. The predicted molar refractivity (Wildman–Crippen MR) is 48.6 cm³/mol. The number of hydrogen-bond donors (Lipinski definition) is 1. The van der Waals surface area contributed by atoms with Gasteiger partial charge in [-0.3, -0.25) is 10.1 Å². The van der Waals surface area contributed by atoms with Gasteiger partial charge in [-0.05, 0) is 13.0 Å². The fourth-order valence-electron chi connectivity index (χ4n) is 1.58. The molecule has 1 aromatic rings. The minimum atomic E-state index is -0.623. The second-order valence-electron chi connectivity index (χ2n) is 3.34. The molecule has 1 heterocycles. The smallest absolute Gasteiger partial charge is 0.314 e. The van der Waals surface area contributed by atoms with Crippen molar-refractivity contribution in [1.29, 1.82) is 0 Å². The largest absolute Gasteiger partial charge is 0.502 e. The number of hydrogen-bond acceptors (Lipinski definition) is 4. The van der Waals surface area contributed by atoms with Crippen molar-refractivity contribution in [3.05, 3.63) is 27.8 Å². The van der Waals surface area contributed by atoms with Gasteiger partial charge in [0.2, 0.25) is 0 Å². The fraction of sp³-hybridized carbons (Fsp3) is 0.333. The maximum Gasteiger partial charge on any atom is 0.314 e. The van der Waals surface area contributed by atoms with Crippen LogP contribution < -0.4 is 4.74 Å². The Kier molecular flexibility index (Phi) is 1.80. The monoisotopic (exact) mass is 195 g/mol. The van der Waals surface area contributed by atoms with Crippen LogP contribution in [0.3, 0.4) is 0 Å². The predicted octanol–water partition coefficient (Wildman–Crippen LogP) is 1.62. The summed E-state index contributed by atoms with van der Waals surface area (Å²) in [6, 6.07) is 2.67. The maximum absolute atomic E-state index is 10.5. The highest BCUT2D eigenvalue weighted by molar-refractivity contribution is 5.55. The van der Waals surface area contributed by atoms with E-state index in [-0.39, 0.29) is 17.5 Å². The molecule has 0 bridgehead atoms. The van der Waals surface area contributed by atoms with E-state index in [9.17, 15) is 15.2 Å². The summed E-state index contributed by atoms with van der Waals surface area (Å²) >= 11 is 0. The van der Waals surface area contributed by atoms with Gasteiger partial charge in [-0.15, -0.1) is 0 Å². The van der Waals surface area contributed by atoms with Crippen LogP contribution in [0.15, 0.2) is 12.1 Å². The normalized spacial score (nSPS) is 18.8. The average Bonchev–Trinajstić information content (AvgIpc) is 2.42. The second kappa shape index (κ2) is 2.87. The number of phenols is 1. The van der Waals surface area contributed by atoms with Gasteiger partial charge >= 0.3 is 5.69 Å². The number of ether oxygens (including phenoxy) is 1. The molecule has 0 saturated carbocycles. The van der Waals surface area contributed by atoms with Crippen molar-refractivity contribution in [2.24, 2.45) is 0 Å². The molecule has 1 unspecified atom stereocenters. The van der Waals surface area contributed by atoms with Crippen molar-refractivity contribution in [3.8, 4) is 11.5 Å². The quantitative estimate of drug-likeness (QED) is 0.546. The van der Waals surface area contributed by atoms with Crippen molar-refractivity contribution in [1.82, 2.24) is 0 Å². The summed E-state index contributed by atoms with van der Waals surface area (Å²) in [5, 5.41) is 19.8. The van der Waals surface area contributed by atoms with Crippen molar-refractivity contribution >= 4 is 5.69 Å². The molecule has 0 amide bonds. The Hall–Kier alpha value is -1.78. The van der Waals surface area contributed by atoms with E-state index < -0.39 is 4.92 Å². The molecule has 0 spiro atoms. The number of nitro benzene ring substituents is 1. The van der Waals surface area contributed by atoms with Crippen molar-refractivity contribution < 1.29 is 14.8 Å². The highest BCUT2D eigenvalue weighted by Crippen LogP contribution is 2.37. The molecule has 1 aromatic carbocycles. The summed E-state index contributed by atoms with van der Waals surface area (Å²) in [6.07, 6.45) is 0.701. The third-order valence-corrected chi connectivity index (χ3v) is 2.19. The topological polar surface area (TPSA) is 72.6 Å². The SMILES string of the molecule is CC1Cc2cc(O)c([N+](=O)[O-])cc2O1. The lowest BCUT2D eigenvalue weighted by Gasteiger charge is -2.02. The molecule has 2 rings (SSSR count). The summed E-state index contributed by atoms with van der Waals surface area (Å²) < 4.78 is 5.34. The molecule has 0 saturated heterocycles. The van der Waals surface area contributed by atoms with Crippen molar-refractivity contribution in [3.63, 3.8) is 0 Å². The van der Waals surface area contributed by atoms with E-state index in [1.807, 2.05) is 6.92 Å². The third kappa shape index (κ3) is 1.26. The molecule has 5 heteroatoms. The van der Waals surface area contributed by atoms with Crippen LogP contribution in [0.4, 0.5) is 5.69 Å². The molecule has 74 valence electrons. The molecule has 5 nitrogen and oxygen atoms in total. The molecular weight excluding hydrogens is 186 g/mol. The zero-order valence-corrected chi connectivity index (χ0v) is 7.56. The number of nitro groups is 1. The number of benzene rings is 1. The molecule has 1 aliphatic heterocycles. The van der Waals surface area contributed by atoms with E-state index in [2.05, 4.69) is 0 Å². The van der Waals surface area contributed by atoms with Gasteiger partial charge < -0.3 is 9.84 Å². The molecule has 1 aliphatic rings. The van der Waals surface area contributed by atoms with Gasteiger partial charge in [-0.2, -0.15) is 0 Å². The van der Waals surface area contributed by atoms with Crippen LogP contribution in [0, 0.1) is 10.1 Å². The Balaban J connectivity index is 2.50. The molecule has 0 aliphatic carbocycles. The number of phenolic OH excluding ortho intramolecular Hbond substituents is 1. The van der Waals surface area contributed by atoms with Gasteiger partial charge in [0.25, 0.3) is 0 Å². The zero-order valence-electron chi connectivity index (χ0n) is 7.56. The first kappa shape index (κ1) is 8.80. The van der Waals surface area contributed by atoms with E-state index in [0.717, 1.165) is 5.56 Å². The van der Waals surface area contributed by atoms with E-state index in [1.165, 1.54) is 12.1 Å². The summed E-state index contributed by atoms with van der Waals surface area (Å²) in [4.78, 5) is 9.87. The van der Waals surface area contributed by atoms with Gasteiger partial charge in [-0.25, -0.2) is 0 Å². The minimum Gasteiger partial charge on any atom is -0.502 e. The van der Waals surface area contributed by atoms with Crippen LogP contribution in [0.2, 0.25) is 0 Å². The van der Waals surface area contributed by atoms with Crippen LogP contribution in [0.25, 0.3) is 0 Å². The Bertz CT molecular complexity index is 402. The van der Waals surface area contributed by atoms with Crippen LogP contribution in [0.1, 0.15) is 12.5 Å². The first-order valence-corrected chi connectivity index (χ1v) is 4.25. The van der Waals surface area contributed by atoms with Gasteiger partial charge in [0, 0.05) is 12.0 Å². The van der Waals surface area contributed by atoms with Crippen LogP contribution in [0.5, 0.6) is 11.5 Å². The highest BCUT2D eigenvalue weighted by atomic mass is 16.6. The Labute approximate surface area is 80.1 Å². The number of nitrogens with zero attached hydrogens (tertiary/aromatic N) is 1. The maximum atomic E-state index is 10.5. The average molecular weight is 195 g/mol. The summed E-state index contributed by atoms with van der Waals surface area (Å²) in [5.41, 5.74) is 0.512. The molecule has 14 heavy (non-hydrogen) atoms. The van der Waals surface area contributed by atoms with Crippen molar-refractivity contribution in [2.45, 2.75) is 19.4 Å². The zero-order chi connectivity index (χ0) is 10.3. The molecule has 1 N–H and O–H groups in total. The summed E-state index contributed by atoms with van der Waals surface area (Å²) in [5.74, 6) is 0.202. The lowest BCUT2D eigenvalue weighted by molar-refractivity contribution is -0.385. The third-order valence-electron chi connectivity index (χ3n) is 2.19. The Morgan fingerprint density at radius 1 is 1.64 bits per heavy atom. The molecule has 0 fully saturated rings. The first-order chi connectivity index (χ1) is 6.58. The van der Waals surface area contributed by atoms with Crippen LogP contribution in [-0.2, 0) is 6.42 Å². The van der Waals surface area contributed by atoms with Crippen LogP contribution >= 0.6 is 0 Å². The van der Waals surface area contributed by atoms with Gasteiger partial charge in [0.15, 0.2) is 5.75 Å².